The van der Waals surface area contributed by atoms with Crippen LogP contribution in [-0.2, 0) is 9.53 Å². The second-order valence-electron chi connectivity index (χ2n) is 5.23. The maximum absolute atomic E-state index is 12.1. The molecule has 1 saturated heterocycles. The minimum atomic E-state index is -0.433. The van der Waals surface area contributed by atoms with Crippen LogP contribution in [0, 0.1) is 0 Å². The highest BCUT2D eigenvalue weighted by Crippen LogP contribution is 2.17. The van der Waals surface area contributed by atoms with Crippen molar-refractivity contribution in [3.63, 3.8) is 0 Å². The van der Waals surface area contributed by atoms with Crippen molar-refractivity contribution < 1.29 is 14.3 Å². The fraction of sp³-hybridized carbons (Fsp3) is 0.533. The first-order valence-corrected chi connectivity index (χ1v) is 7.16. The molecule has 1 aromatic rings. The van der Waals surface area contributed by atoms with E-state index in [-0.39, 0.29) is 30.7 Å². The number of halogens is 2. The summed E-state index contributed by atoms with van der Waals surface area (Å²) < 4.78 is 11.1. The Kier molecular flexibility index (Phi) is 11.0. The van der Waals surface area contributed by atoms with Gasteiger partial charge in [0.2, 0.25) is 0 Å². The van der Waals surface area contributed by atoms with E-state index in [1.807, 2.05) is 38.4 Å². The fourth-order valence-corrected chi connectivity index (χ4v) is 1.97. The number of carbonyl (C=O) groups is 1. The molecule has 6 nitrogen and oxygen atoms in total. The highest BCUT2D eigenvalue weighted by atomic mass is 35.5. The molecular formula is C15H25Cl2N3O3. The summed E-state index contributed by atoms with van der Waals surface area (Å²) in [5.74, 6) is 0.616. The van der Waals surface area contributed by atoms with Crippen molar-refractivity contribution in [2.45, 2.75) is 6.10 Å². The van der Waals surface area contributed by atoms with Crippen LogP contribution in [-0.4, -0.2) is 63.9 Å². The fourth-order valence-electron chi connectivity index (χ4n) is 1.97. The van der Waals surface area contributed by atoms with Gasteiger partial charge in [0.05, 0.1) is 6.61 Å². The van der Waals surface area contributed by atoms with Crippen LogP contribution in [0.25, 0.3) is 0 Å². The topological polar surface area (TPSA) is 62.8 Å². The molecule has 1 heterocycles. The van der Waals surface area contributed by atoms with Crippen LogP contribution in [0.5, 0.6) is 5.75 Å². The van der Waals surface area contributed by atoms with E-state index in [1.54, 1.807) is 0 Å². The van der Waals surface area contributed by atoms with Gasteiger partial charge in [0.25, 0.3) is 5.91 Å². The molecule has 0 aliphatic carbocycles. The number of anilines is 1. The maximum atomic E-state index is 12.1. The zero-order valence-corrected chi connectivity index (χ0v) is 15.0. The zero-order valence-electron chi connectivity index (χ0n) is 13.4. The second kappa shape index (κ2) is 11.5. The van der Waals surface area contributed by atoms with Gasteiger partial charge in [-0.3, -0.25) is 4.79 Å². The van der Waals surface area contributed by atoms with Gasteiger partial charge >= 0.3 is 0 Å². The SMILES string of the molecule is CN(C)CCOc1cccc(NC(=O)C2CNCCO2)c1.Cl.Cl. The third-order valence-corrected chi connectivity index (χ3v) is 3.13. The van der Waals surface area contributed by atoms with Crippen LogP contribution in [0.4, 0.5) is 5.69 Å². The molecule has 1 atom stereocenters. The van der Waals surface area contributed by atoms with Gasteiger partial charge in [0, 0.05) is 31.4 Å². The largest absolute Gasteiger partial charge is 0.492 e. The molecule has 0 spiro atoms. The number of morpholine rings is 1. The van der Waals surface area contributed by atoms with E-state index in [9.17, 15) is 4.79 Å². The lowest BCUT2D eigenvalue weighted by Gasteiger charge is -2.22. The summed E-state index contributed by atoms with van der Waals surface area (Å²) in [5.41, 5.74) is 0.719. The number of carbonyl (C=O) groups excluding carboxylic acids is 1. The number of ether oxygens (including phenoxy) is 2. The number of amides is 1. The number of nitrogens with zero attached hydrogens (tertiary/aromatic N) is 1. The first kappa shape index (κ1) is 21.9. The average Bonchev–Trinajstić information content (AvgIpc) is 2.48. The van der Waals surface area contributed by atoms with Crippen molar-refractivity contribution in [1.82, 2.24) is 10.2 Å². The van der Waals surface area contributed by atoms with E-state index >= 15 is 0 Å². The highest BCUT2D eigenvalue weighted by molar-refractivity contribution is 5.94. The van der Waals surface area contributed by atoms with Crippen molar-refractivity contribution in [3.05, 3.63) is 24.3 Å². The van der Waals surface area contributed by atoms with Crippen LogP contribution in [0.3, 0.4) is 0 Å². The average molecular weight is 366 g/mol. The quantitative estimate of drug-likeness (QED) is 0.797. The standard InChI is InChI=1S/C15H23N3O3.2ClH/c1-18(2)7-9-20-13-5-3-4-12(10-13)17-15(19)14-11-16-6-8-21-14;;/h3-5,10,14,16H,6-9,11H2,1-2H3,(H,17,19);2*1H. The van der Waals surface area contributed by atoms with Gasteiger partial charge in [-0.15, -0.1) is 24.8 Å². The normalized spacial score (nSPS) is 16.9. The predicted molar refractivity (Wildman–Crippen MR) is 96.2 cm³/mol. The molecule has 1 aliphatic heterocycles. The Morgan fingerprint density at radius 1 is 1.43 bits per heavy atom. The van der Waals surface area contributed by atoms with Crippen molar-refractivity contribution in [1.29, 1.82) is 0 Å². The number of hydrogen-bond acceptors (Lipinski definition) is 5. The Labute approximate surface area is 149 Å². The molecule has 1 aromatic carbocycles. The van der Waals surface area contributed by atoms with E-state index in [0.717, 1.165) is 24.5 Å². The molecule has 1 amide bonds. The van der Waals surface area contributed by atoms with Crippen molar-refractivity contribution in [2.24, 2.45) is 0 Å². The lowest BCUT2D eigenvalue weighted by atomic mass is 10.2. The Morgan fingerprint density at radius 3 is 2.87 bits per heavy atom. The third-order valence-electron chi connectivity index (χ3n) is 3.13. The summed E-state index contributed by atoms with van der Waals surface area (Å²) in [6.07, 6.45) is -0.433. The predicted octanol–water partition coefficient (Wildman–Crippen LogP) is 1.40. The lowest BCUT2D eigenvalue weighted by Crippen LogP contribution is -2.45. The molecule has 1 fully saturated rings. The molecule has 2 N–H and O–H groups in total. The Balaban J connectivity index is 0.00000242. The summed E-state index contributed by atoms with van der Waals surface area (Å²) in [6.45, 7) is 3.35. The van der Waals surface area contributed by atoms with Gasteiger partial charge < -0.3 is 25.0 Å². The number of nitrogens with one attached hydrogen (secondary N) is 2. The van der Waals surface area contributed by atoms with Gasteiger partial charge in [-0.25, -0.2) is 0 Å². The summed E-state index contributed by atoms with van der Waals surface area (Å²) in [4.78, 5) is 14.1. The van der Waals surface area contributed by atoms with Crippen LogP contribution >= 0.6 is 24.8 Å². The van der Waals surface area contributed by atoms with Crippen LogP contribution in [0.1, 0.15) is 0 Å². The van der Waals surface area contributed by atoms with Gasteiger partial charge in [0.1, 0.15) is 18.5 Å². The molecule has 1 unspecified atom stereocenters. The molecule has 0 aromatic heterocycles. The number of benzene rings is 1. The molecule has 23 heavy (non-hydrogen) atoms. The lowest BCUT2D eigenvalue weighted by molar-refractivity contribution is -0.128. The van der Waals surface area contributed by atoms with Gasteiger partial charge in [0.15, 0.2) is 0 Å². The van der Waals surface area contributed by atoms with Gasteiger partial charge in [-0.05, 0) is 26.2 Å². The van der Waals surface area contributed by atoms with E-state index in [2.05, 4.69) is 15.5 Å². The zero-order chi connectivity index (χ0) is 15.1. The Morgan fingerprint density at radius 2 is 2.22 bits per heavy atom. The third kappa shape index (κ3) is 7.85. The minimum absolute atomic E-state index is 0. The highest BCUT2D eigenvalue weighted by Gasteiger charge is 2.21. The van der Waals surface area contributed by atoms with Crippen molar-refractivity contribution >= 4 is 36.4 Å². The summed E-state index contributed by atoms with van der Waals surface area (Å²) in [6, 6.07) is 7.40. The second-order valence-corrected chi connectivity index (χ2v) is 5.23. The van der Waals surface area contributed by atoms with Crippen molar-refractivity contribution in [3.8, 4) is 5.75 Å². The molecule has 2 rings (SSSR count). The smallest absolute Gasteiger partial charge is 0.254 e. The monoisotopic (exact) mass is 365 g/mol. The first-order chi connectivity index (χ1) is 10.1. The molecule has 132 valence electrons. The van der Waals surface area contributed by atoms with Gasteiger partial charge in [-0.1, -0.05) is 6.07 Å². The van der Waals surface area contributed by atoms with E-state index < -0.39 is 6.10 Å². The van der Waals surface area contributed by atoms with E-state index in [4.69, 9.17) is 9.47 Å². The molecule has 1 aliphatic rings. The van der Waals surface area contributed by atoms with E-state index in [0.29, 0.717) is 19.8 Å². The summed E-state index contributed by atoms with van der Waals surface area (Å²) in [5, 5.41) is 5.99. The van der Waals surface area contributed by atoms with Crippen LogP contribution < -0.4 is 15.4 Å². The maximum Gasteiger partial charge on any atom is 0.254 e. The first-order valence-electron chi connectivity index (χ1n) is 7.16. The molecule has 8 heteroatoms. The van der Waals surface area contributed by atoms with Crippen molar-refractivity contribution in [2.75, 3.05) is 52.3 Å². The van der Waals surface area contributed by atoms with Crippen LogP contribution in [0.2, 0.25) is 0 Å². The number of hydrogen-bond donors (Lipinski definition) is 2. The van der Waals surface area contributed by atoms with Crippen LogP contribution in [0.15, 0.2) is 24.3 Å². The number of rotatable bonds is 6. The Hall–Kier alpha value is -1.05. The summed E-state index contributed by atoms with van der Waals surface area (Å²) >= 11 is 0. The van der Waals surface area contributed by atoms with Gasteiger partial charge in [-0.2, -0.15) is 0 Å². The Bertz CT molecular complexity index is 469. The molecule has 0 saturated carbocycles. The molecular weight excluding hydrogens is 341 g/mol. The van der Waals surface area contributed by atoms with E-state index in [1.165, 1.54) is 0 Å². The number of likely N-dealkylation sites (N-methyl/N-ethyl adjacent to an activating group) is 1. The summed E-state index contributed by atoms with van der Waals surface area (Å²) in [7, 11) is 4.00. The minimum Gasteiger partial charge on any atom is -0.492 e. The molecule has 0 radical (unpaired) electrons. The molecule has 0 bridgehead atoms.